The first kappa shape index (κ1) is 15.4. The highest BCUT2D eigenvalue weighted by molar-refractivity contribution is 7.89. The Balaban J connectivity index is 1.76. The Hall–Kier alpha value is -1.50. The fourth-order valence-electron chi connectivity index (χ4n) is 2.44. The second-order valence-corrected chi connectivity index (χ2v) is 8.57. The Morgan fingerprint density at radius 3 is 2.36 bits per heavy atom. The van der Waals surface area contributed by atoms with Gasteiger partial charge in [0.15, 0.2) is 0 Å². The highest BCUT2D eigenvalue weighted by atomic mass is 32.2. The van der Waals surface area contributed by atoms with E-state index in [9.17, 15) is 8.42 Å². The highest BCUT2D eigenvalue weighted by Gasteiger charge is 2.26. The number of thiophene rings is 1. The predicted octanol–water partition coefficient (Wildman–Crippen LogP) is 3.59. The van der Waals surface area contributed by atoms with Gasteiger partial charge in [-0.25, -0.2) is 8.42 Å². The van der Waals surface area contributed by atoms with Gasteiger partial charge in [-0.15, -0.1) is 11.3 Å². The van der Waals surface area contributed by atoms with Crippen molar-refractivity contribution in [2.24, 2.45) is 4.99 Å². The zero-order valence-electron chi connectivity index (χ0n) is 12.4. The SMILES string of the molecule is Cc1ccc(C=Nc2ccc(S(=O)(=O)N3CCCC3)cc2)s1. The molecular formula is C16H18N2O2S2. The number of aryl methyl sites for hydroxylation is 1. The van der Waals surface area contributed by atoms with Gasteiger partial charge >= 0.3 is 0 Å². The lowest BCUT2D eigenvalue weighted by Gasteiger charge is -2.15. The van der Waals surface area contributed by atoms with E-state index in [2.05, 4.69) is 18.0 Å². The first-order chi connectivity index (χ1) is 10.6. The maximum absolute atomic E-state index is 12.4. The number of sulfonamides is 1. The van der Waals surface area contributed by atoms with Gasteiger partial charge in [-0.2, -0.15) is 4.31 Å². The molecule has 22 heavy (non-hydrogen) atoms. The summed E-state index contributed by atoms with van der Waals surface area (Å²) in [6.07, 6.45) is 3.70. The van der Waals surface area contributed by atoms with Gasteiger partial charge in [-0.1, -0.05) is 0 Å². The molecule has 0 N–H and O–H groups in total. The van der Waals surface area contributed by atoms with Crippen molar-refractivity contribution in [3.05, 3.63) is 46.2 Å². The van der Waals surface area contributed by atoms with Crippen LogP contribution in [0.1, 0.15) is 22.6 Å². The molecule has 6 heteroatoms. The maximum Gasteiger partial charge on any atom is 0.243 e. The minimum atomic E-state index is -3.34. The topological polar surface area (TPSA) is 49.7 Å². The van der Waals surface area contributed by atoms with E-state index in [4.69, 9.17) is 0 Å². The third-order valence-corrected chi connectivity index (χ3v) is 6.49. The molecule has 0 aliphatic carbocycles. The van der Waals surface area contributed by atoms with Crippen LogP contribution in [-0.2, 0) is 10.0 Å². The number of rotatable bonds is 4. The van der Waals surface area contributed by atoms with Gasteiger partial charge in [-0.3, -0.25) is 4.99 Å². The van der Waals surface area contributed by atoms with E-state index in [0.717, 1.165) is 23.4 Å². The highest BCUT2D eigenvalue weighted by Crippen LogP contribution is 2.23. The van der Waals surface area contributed by atoms with E-state index in [0.29, 0.717) is 18.0 Å². The zero-order valence-corrected chi connectivity index (χ0v) is 14.0. The quantitative estimate of drug-likeness (QED) is 0.802. The molecule has 2 aromatic rings. The molecule has 0 unspecified atom stereocenters. The fraction of sp³-hybridized carbons (Fsp3) is 0.312. The van der Waals surface area contributed by atoms with Crippen LogP contribution >= 0.6 is 11.3 Å². The number of nitrogens with zero attached hydrogens (tertiary/aromatic N) is 2. The Bertz CT molecular complexity index is 771. The van der Waals surface area contributed by atoms with Crippen molar-refractivity contribution in [2.45, 2.75) is 24.7 Å². The Morgan fingerprint density at radius 1 is 1.09 bits per heavy atom. The normalized spacial score (nSPS) is 16.6. The Morgan fingerprint density at radius 2 is 1.77 bits per heavy atom. The molecule has 3 rings (SSSR count). The van der Waals surface area contributed by atoms with Crippen LogP contribution < -0.4 is 0 Å². The summed E-state index contributed by atoms with van der Waals surface area (Å²) in [5.74, 6) is 0. The molecule has 0 spiro atoms. The van der Waals surface area contributed by atoms with Crippen LogP contribution in [0.2, 0.25) is 0 Å². The van der Waals surface area contributed by atoms with Crippen molar-refractivity contribution in [1.82, 2.24) is 4.31 Å². The second kappa shape index (κ2) is 6.32. The molecule has 1 aromatic heterocycles. The van der Waals surface area contributed by atoms with Crippen LogP contribution in [0.15, 0.2) is 46.3 Å². The van der Waals surface area contributed by atoms with E-state index in [1.807, 2.05) is 12.3 Å². The third kappa shape index (κ3) is 3.29. The zero-order chi connectivity index (χ0) is 15.6. The molecule has 1 aromatic carbocycles. The molecule has 0 bridgehead atoms. The van der Waals surface area contributed by atoms with E-state index in [1.54, 1.807) is 39.9 Å². The Kier molecular flexibility index (Phi) is 4.42. The summed E-state index contributed by atoms with van der Waals surface area (Å²) in [6, 6.07) is 10.9. The monoisotopic (exact) mass is 334 g/mol. The number of hydrogen-bond acceptors (Lipinski definition) is 4. The number of benzene rings is 1. The van der Waals surface area contributed by atoms with Gasteiger partial charge in [0.1, 0.15) is 0 Å². The standard InChI is InChI=1S/C16H18N2O2S2/c1-13-4-7-15(21-13)12-17-14-5-8-16(9-6-14)22(19,20)18-10-2-3-11-18/h4-9,12H,2-3,10-11H2,1H3. The number of hydrogen-bond donors (Lipinski definition) is 0. The minimum Gasteiger partial charge on any atom is -0.255 e. The van der Waals surface area contributed by atoms with Crippen LogP contribution in [0.4, 0.5) is 5.69 Å². The molecular weight excluding hydrogens is 316 g/mol. The first-order valence-electron chi connectivity index (χ1n) is 7.26. The molecule has 0 amide bonds. The van der Waals surface area contributed by atoms with Gasteiger partial charge in [0.05, 0.1) is 10.6 Å². The van der Waals surface area contributed by atoms with Gasteiger partial charge in [0.2, 0.25) is 10.0 Å². The largest absolute Gasteiger partial charge is 0.255 e. The third-order valence-electron chi connectivity index (χ3n) is 3.64. The molecule has 0 atom stereocenters. The second-order valence-electron chi connectivity index (χ2n) is 5.31. The Labute approximate surface area is 135 Å². The van der Waals surface area contributed by atoms with Crippen molar-refractivity contribution in [3.8, 4) is 0 Å². The summed E-state index contributed by atoms with van der Waals surface area (Å²) in [6.45, 7) is 3.31. The van der Waals surface area contributed by atoms with Crippen molar-refractivity contribution in [1.29, 1.82) is 0 Å². The summed E-state index contributed by atoms with van der Waals surface area (Å²) < 4.78 is 26.4. The molecule has 1 aliphatic rings. The van der Waals surface area contributed by atoms with E-state index >= 15 is 0 Å². The first-order valence-corrected chi connectivity index (χ1v) is 9.52. The van der Waals surface area contributed by atoms with Crippen LogP contribution in [0.5, 0.6) is 0 Å². The molecule has 2 heterocycles. The van der Waals surface area contributed by atoms with Crippen LogP contribution in [0.3, 0.4) is 0 Å². The molecule has 1 aliphatic heterocycles. The molecule has 116 valence electrons. The van der Waals surface area contributed by atoms with Crippen LogP contribution in [-0.4, -0.2) is 32.0 Å². The molecule has 1 fully saturated rings. The fourth-order valence-corrected chi connectivity index (χ4v) is 4.71. The van der Waals surface area contributed by atoms with Crippen molar-refractivity contribution in [3.63, 3.8) is 0 Å². The van der Waals surface area contributed by atoms with Gasteiger partial charge in [0.25, 0.3) is 0 Å². The molecule has 0 radical (unpaired) electrons. The summed E-state index contributed by atoms with van der Waals surface area (Å²) in [4.78, 5) is 7.07. The smallest absolute Gasteiger partial charge is 0.243 e. The maximum atomic E-state index is 12.4. The summed E-state index contributed by atoms with van der Waals surface area (Å²) in [7, 11) is -3.34. The molecule has 0 saturated carbocycles. The lowest BCUT2D eigenvalue weighted by molar-refractivity contribution is 0.477. The van der Waals surface area contributed by atoms with Crippen molar-refractivity contribution < 1.29 is 8.42 Å². The van der Waals surface area contributed by atoms with Crippen LogP contribution in [0.25, 0.3) is 0 Å². The molecule has 4 nitrogen and oxygen atoms in total. The minimum absolute atomic E-state index is 0.348. The van der Waals surface area contributed by atoms with E-state index in [-0.39, 0.29) is 0 Å². The van der Waals surface area contributed by atoms with Gasteiger partial charge in [0, 0.05) is 29.1 Å². The van der Waals surface area contributed by atoms with Gasteiger partial charge < -0.3 is 0 Å². The predicted molar refractivity (Wildman–Crippen MR) is 90.7 cm³/mol. The summed E-state index contributed by atoms with van der Waals surface area (Å²) in [5.41, 5.74) is 0.756. The van der Waals surface area contributed by atoms with E-state index < -0.39 is 10.0 Å². The lowest BCUT2D eigenvalue weighted by Crippen LogP contribution is -2.27. The summed E-state index contributed by atoms with van der Waals surface area (Å²) in [5, 5.41) is 0. The van der Waals surface area contributed by atoms with Crippen LogP contribution in [0, 0.1) is 6.92 Å². The van der Waals surface area contributed by atoms with Gasteiger partial charge in [-0.05, 0) is 56.2 Å². The average molecular weight is 334 g/mol. The van der Waals surface area contributed by atoms with E-state index in [1.165, 1.54) is 4.88 Å². The average Bonchev–Trinajstić information content (AvgIpc) is 3.17. The lowest BCUT2D eigenvalue weighted by atomic mass is 10.3. The summed E-state index contributed by atoms with van der Waals surface area (Å²) >= 11 is 1.68. The van der Waals surface area contributed by atoms with Crippen molar-refractivity contribution >= 4 is 33.3 Å². The number of aliphatic imine (C=N–C) groups is 1. The molecule has 1 saturated heterocycles. The van der Waals surface area contributed by atoms with Crippen molar-refractivity contribution in [2.75, 3.05) is 13.1 Å².